The molecule has 1 N–H and O–H groups in total. The fraction of sp³-hybridized carbons (Fsp3) is 0.355. The maximum atomic E-state index is 13.9. The molecule has 0 aliphatic carbocycles. The van der Waals surface area contributed by atoms with Crippen molar-refractivity contribution in [2.24, 2.45) is 0 Å². The minimum absolute atomic E-state index is 0.00393. The molecule has 3 aromatic carbocycles. The van der Waals surface area contributed by atoms with Gasteiger partial charge in [-0.2, -0.15) is 0 Å². The first-order valence-electron chi connectivity index (χ1n) is 13.2. The van der Waals surface area contributed by atoms with Gasteiger partial charge in [0, 0.05) is 30.5 Å². The van der Waals surface area contributed by atoms with Crippen LogP contribution in [-0.4, -0.2) is 42.0 Å². The highest BCUT2D eigenvalue weighted by Gasteiger charge is 2.31. The predicted octanol–water partition coefficient (Wildman–Crippen LogP) is 5.60. The van der Waals surface area contributed by atoms with E-state index in [2.05, 4.69) is 5.32 Å². The number of hydrogen-bond acceptors (Lipinski definition) is 4. The van der Waals surface area contributed by atoms with Gasteiger partial charge in [0.2, 0.25) is 11.8 Å². The zero-order valence-electron chi connectivity index (χ0n) is 22.0. The van der Waals surface area contributed by atoms with Gasteiger partial charge >= 0.3 is 0 Å². The summed E-state index contributed by atoms with van der Waals surface area (Å²) in [5, 5.41) is 3.66. The van der Waals surface area contributed by atoms with Crippen molar-refractivity contribution < 1.29 is 19.1 Å². The van der Waals surface area contributed by atoms with E-state index in [1.54, 1.807) is 11.0 Å². The standard InChI is InChI=1S/C31H35ClN2O4/c1-3-22(2)33-31(36)27(19-23-9-5-4-6-10-23)34(21-25-11-7-8-12-26(25)32)30(35)16-14-24-13-15-28-29(20-24)38-18-17-37-28/h4-13,15,20,22,27H,3,14,16-19,21H2,1-2H3,(H,33,36)/t22-,27+/m0/s1. The molecule has 1 heterocycles. The lowest BCUT2D eigenvalue weighted by atomic mass is 10.0. The molecule has 2 atom stereocenters. The van der Waals surface area contributed by atoms with E-state index in [1.165, 1.54) is 0 Å². The van der Waals surface area contributed by atoms with Crippen molar-refractivity contribution in [3.8, 4) is 11.5 Å². The van der Waals surface area contributed by atoms with Crippen molar-refractivity contribution in [3.63, 3.8) is 0 Å². The minimum Gasteiger partial charge on any atom is -0.486 e. The number of carbonyl (C=O) groups excluding carboxylic acids is 2. The smallest absolute Gasteiger partial charge is 0.243 e. The summed E-state index contributed by atoms with van der Waals surface area (Å²) in [6.07, 6.45) is 1.96. The third kappa shape index (κ3) is 7.29. The summed E-state index contributed by atoms with van der Waals surface area (Å²) < 4.78 is 11.3. The van der Waals surface area contributed by atoms with E-state index in [-0.39, 0.29) is 30.8 Å². The van der Waals surface area contributed by atoms with Crippen LogP contribution >= 0.6 is 11.6 Å². The molecule has 38 heavy (non-hydrogen) atoms. The molecule has 0 fully saturated rings. The van der Waals surface area contributed by atoms with Crippen LogP contribution in [0.1, 0.15) is 43.4 Å². The first-order valence-corrected chi connectivity index (χ1v) is 13.6. The SMILES string of the molecule is CC[C@H](C)NC(=O)[C@@H](Cc1ccccc1)N(Cc1ccccc1Cl)C(=O)CCc1ccc2c(c1)OCCO2. The number of benzene rings is 3. The Morgan fingerprint density at radius 3 is 2.39 bits per heavy atom. The Balaban J connectivity index is 1.60. The van der Waals surface area contributed by atoms with Crippen molar-refractivity contribution in [1.29, 1.82) is 0 Å². The third-order valence-corrected chi connectivity index (χ3v) is 7.17. The van der Waals surface area contributed by atoms with Crippen molar-refractivity contribution >= 4 is 23.4 Å². The second kappa shape index (κ2) is 13.3. The van der Waals surface area contributed by atoms with Crippen LogP contribution in [0.5, 0.6) is 11.5 Å². The number of aryl methyl sites for hydroxylation is 1. The summed E-state index contributed by atoms with van der Waals surface area (Å²) in [5.41, 5.74) is 2.76. The molecular weight excluding hydrogens is 500 g/mol. The van der Waals surface area contributed by atoms with Crippen LogP contribution in [-0.2, 0) is 29.0 Å². The molecule has 0 aromatic heterocycles. The highest BCUT2D eigenvalue weighted by atomic mass is 35.5. The lowest BCUT2D eigenvalue weighted by molar-refractivity contribution is -0.141. The fourth-order valence-corrected chi connectivity index (χ4v) is 4.64. The summed E-state index contributed by atoms with van der Waals surface area (Å²) in [4.78, 5) is 29.1. The highest BCUT2D eigenvalue weighted by Crippen LogP contribution is 2.31. The summed E-state index contributed by atoms with van der Waals surface area (Å²) in [7, 11) is 0. The Bertz CT molecular complexity index is 1230. The molecule has 0 unspecified atom stereocenters. The number of fused-ring (bicyclic) bond motifs is 1. The topological polar surface area (TPSA) is 67.9 Å². The molecule has 6 nitrogen and oxygen atoms in total. The van der Waals surface area contributed by atoms with Gasteiger partial charge in [0.15, 0.2) is 11.5 Å². The highest BCUT2D eigenvalue weighted by molar-refractivity contribution is 6.31. The number of carbonyl (C=O) groups is 2. The maximum absolute atomic E-state index is 13.9. The molecule has 1 aliphatic rings. The predicted molar refractivity (Wildman–Crippen MR) is 150 cm³/mol. The molecule has 7 heteroatoms. The summed E-state index contributed by atoms with van der Waals surface area (Å²) in [6.45, 7) is 5.28. The van der Waals surface area contributed by atoms with Gasteiger partial charge in [-0.3, -0.25) is 9.59 Å². The average Bonchev–Trinajstić information content (AvgIpc) is 2.94. The first-order chi connectivity index (χ1) is 18.4. The maximum Gasteiger partial charge on any atom is 0.243 e. The largest absolute Gasteiger partial charge is 0.486 e. The van der Waals surface area contributed by atoms with Gasteiger partial charge in [-0.25, -0.2) is 0 Å². The van der Waals surface area contributed by atoms with Crippen LogP contribution < -0.4 is 14.8 Å². The molecule has 0 saturated heterocycles. The lowest BCUT2D eigenvalue weighted by Crippen LogP contribution is -2.52. The molecular formula is C31H35ClN2O4. The number of nitrogens with one attached hydrogen (secondary N) is 1. The number of nitrogens with zero attached hydrogens (tertiary/aromatic N) is 1. The van der Waals surface area contributed by atoms with Crippen LogP contribution in [0, 0.1) is 0 Å². The zero-order chi connectivity index (χ0) is 26.9. The van der Waals surface area contributed by atoms with E-state index >= 15 is 0 Å². The van der Waals surface area contributed by atoms with Crippen LogP contribution in [0.15, 0.2) is 72.8 Å². The van der Waals surface area contributed by atoms with Crippen LogP contribution in [0.25, 0.3) is 0 Å². The Hall–Kier alpha value is -3.51. The van der Waals surface area contributed by atoms with Gasteiger partial charge in [0.1, 0.15) is 19.3 Å². The number of rotatable bonds is 11. The molecule has 3 aromatic rings. The zero-order valence-corrected chi connectivity index (χ0v) is 22.7. The quantitative estimate of drug-likeness (QED) is 0.348. The van der Waals surface area contributed by atoms with Crippen LogP contribution in [0.2, 0.25) is 5.02 Å². The molecule has 0 bridgehead atoms. The molecule has 2 amide bonds. The monoisotopic (exact) mass is 534 g/mol. The Labute approximate surface area is 229 Å². The molecule has 4 rings (SSSR count). The number of ether oxygens (including phenoxy) is 2. The second-order valence-corrected chi connectivity index (χ2v) is 10.0. The van der Waals surface area contributed by atoms with E-state index in [0.29, 0.717) is 36.8 Å². The first kappa shape index (κ1) is 27.5. The Morgan fingerprint density at radius 1 is 0.947 bits per heavy atom. The van der Waals surface area contributed by atoms with E-state index < -0.39 is 6.04 Å². The summed E-state index contributed by atoms with van der Waals surface area (Å²) in [5.74, 6) is 1.14. The van der Waals surface area contributed by atoms with E-state index in [1.807, 2.05) is 80.6 Å². The van der Waals surface area contributed by atoms with Crippen molar-refractivity contribution in [1.82, 2.24) is 10.2 Å². The third-order valence-electron chi connectivity index (χ3n) is 6.80. The van der Waals surface area contributed by atoms with Crippen molar-refractivity contribution in [3.05, 3.63) is 94.5 Å². The van der Waals surface area contributed by atoms with Crippen LogP contribution in [0.3, 0.4) is 0 Å². The number of hydrogen-bond donors (Lipinski definition) is 1. The van der Waals surface area contributed by atoms with E-state index in [9.17, 15) is 9.59 Å². The summed E-state index contributed by atoms with van der Waals surface area (Å²) in [6, 6.07) is 22.3. The second-order valence-electron chi connectivity index (χ2n) is 9.61. The van der Waals surface area contributed by atoms with Gasteiger partial charge in [-0.15, -0.1) is 0 Å². The number of halogens is 1. The number of amides is 2. The summed E-state index contributed by atoms with van der Waals surface area (Å²) >= 11 is 6.50. The van der Waals surface area contributed by atoms with Gasteiger partial charge in [-0.1, -0.05) is 73.1 Å². The molecule has 0 radical (unpaired) electrons. The Kier molecular flexibility index (Phi) is 9.66. The molecule has 200 valence electrons. The van der Waals surface area contributed by atoms with Gasteiger partial charge in [0.25, 0.3) is 0 Å². The molecule has 0 saturated carbocycles. The van der Waals surface area contributed by atoms with E-state index in [0.717, 1.165) is 28.9 Å². The van der Waals surface area contributed by atoms with Crippen LogP contribution in [0.4, 0.5) is 0 Å². The van der Waals surface area contributed by atoms with Crippen molar-refractivity contribution in [2.75, 3.05) is 13.2 Å². The van der Waals surface area contributed by atoms with E-state index in [4.69, 9.17) is 21.1 Å². The molecule has 1 aliphatic heterocycles. The van der Waals surface area contributed by atoms with Gasteiger partial charge in [0.05, 0.1) is 0 Å². The Morgan fingerprint density at radius 2 is 1.66 bits per heavy atom. The van der Waals surface area contributed by atoms with Gasteiger partial charge < -0.3 is 19.7 Å². The van der Waals surface area contributed by atoms with Crippen molar-refractivity contribution in [2.45, 2.75) is 58.2 Å². The average molecular weight is 535 g/mol. The normalized spacial score (nSPS) is 13.9. The molecule has 0 spiro atoms. The minimum atomic E-state index is -0.685. The lowest BCUT2D eigenvalue weighted by Gasteiger charge is -2.32. The fourth-order valence-electron chi connectivity index (χ4n) is 4.44. The van der Waals surface area contributed by atoms with Gasteiger partial charge in [-0.05, 0) is 54.7 Å².